The molecule has 0 atom stereocenters. The topological polar surface area (TPSA) is 24.9 Å². The first-order chi connectivity index (χ1) is 27.0. The van der Waals surface area contributed by atoms with E-state index in [2.05, 4.69) is 0 Å². The van der Waals surface area contributed by atoms with Crippen LogP contribution in [0.3, 0.4) is 0 Å². The largest absolute Gasteiger partial charge is 0.453 e. The number of hydrogen-bond donors (Lipinski definition) is 0. The normalized spacial score (nSPS) is 13.2. The van der Waals surface area contributed by atoms with Crippen LogP contribution in [0.2, 0.25) is 0 Å². The fraction of sp³-hybridized carbons (Fsp3) is 0.0870. The van der Waals surface area contributed by atoms with Crippen LogP contribution in [-0.2, 0) is 18.8 Å². The molecule has 0 N–H and O–H groups in total. The lowest BCUT2D eigenvalue weighted by atomic mass is 9.87. The first-order valence-electron chi connectivity index (χ1n) is 17.9. The number of halogens is 6. The highest BCUT2D eigenvalue weighted by Crippen LogP contribution is 2.60. The summed E-state index contributed by atoms with van der Waals surface area (Å²) in [5.41, 5.74) is 3.78. The van der Waals surface area contributed by atoms with Crippen molar-refractivity contribution in [1.29, 1.82) is 0 Å². The van der Waals surface area contributed by atoms with Gasteiger partial charge in [0.25, 0.3) is 0 Å². The average molecular weight is 757 g/mol. The molecule has 2 aliphatic heterocycles. The third-order valence-electron chi connectivity index (χ3n) is 10.0. The molecule has 10 heteroatoms. The smallest absolute Gasteiger partial charge is 0.416 e. The summed E-state index contributed by atoms with van der Waals surface area (Å²) < 4.78 is 99.2. The number of benzene rings is 7. The van der Waals surface area contributed by atoms with Crippen molar-refractivity contribution in [2.24, 2.45) is 0 Å². The van der Waals surface area contributed by atoms with Crippen molar-refractivity contribution in [2.45, 2.75) is 25.7 Å². The summed E-state index contributed by atoms with van der Waals surface area (Å²) in [5, 5.41) is 0. The lowest BCUT2D eigenvalue weighted by molar-refractivity contribution is -0.138. The molecule has 0 amide bonds. The predicted octanol–water partition coefficient (Wildman–Crippen LogP) is 14.8. The first kappa shape index (κ1) is 35.0. The molecule has 0 aliphatic carbocycles. The highest BCUT2D eigenvalue weighted by molar-refractivity contribution is 6.04. The molecule has 56 heavy (non-hydrogen) atoms. The van der Waals surface area contributed by atoms with Gasteiger partial charge in [-0.25, -0.2) is 0 Å². The summed E-state index contributed by atoms with van der Waals surface area (Å²) in [6, 6.07) is 41.3. The van der Waals surface area contributed by atoms with Gasteiger partial charge in [-0.1, -0.05) is 79.7 Å². The maximum Gasteiger partial charge on any atom is 0.416 e. The molecule has 0 saturated heterocycles. The lowest BCUT2D eigenvalue weighted by Crippen LogP contribution is -2.22. The molecule has 2 heterocycles. The van der Waals surface area contributed by atoms with E-state index in [0.717, 1.165) is 24.3 Å². The zero-order valence-corrected chi connectivity index (χ0v) is 29.6. The lowest BCUT2D eigenvalue weighted by Gasteiger charge is -2.40. The van der Waals surface area contributed by atoms with Crippen molar-refractivity contribution in [3.63, 3.8) is 0 Å². The molecule has 0 radical (unpaired) electrons. The van der Waals surface area contributed by atoms with E-state index >= 15 is 0 Å². The van der Waals surface area contributed by atoms with Crippen LogP contribution in [0.25, 0.3) is 22.3 Å². The van der Waals surface area contributed by atoms with Gasteiger partial charge in [0, 0.05) is 16.7 Å². The molecule has 9 rings (SSSR count). The molecule has 0 saturated carbocycles. The zero-order valence-electron chi connectivity index (χ0n) is 29.6. The van der Waals surface area contributed by atoms with Gasteiger partial charge in [0.1, 0.15) is 0 Å². The predicted molar refractivity (Wildman–Crippen MR) is 206 cm³/mol. The third-order valence-corrected chi connectivity index (χ3v) is 10.0. The number of rotatable bonds is 5. The Hall–Kier alpha value is -6.68. The van der Waals surface area contributed by atoms with Crippen molar-refractivity contribution in [2.75, 3.05) is 9.80 Å². The monoisotopic (exact) mass is 756 g/mol. The molecule has 0 fully saturated rings. The standard InChI is InChI=1S/C46H30F6N2O2/c1-2-32-43(53-35-17-3-7-21-39(35)55-40-22-8-4-18-36(40)53)33(28-13-11-15-30(25-28)45(47,48)49)27-34(29-14-12-16-31(26-29)46(50,51)52)44(32)54-37-19-5-9-23-41(37)56-42-24-10-6-20-38(42)54/h3-27H,2H2,1H3. The number of alkyl halides is 6. The molecule has 0 bridgehead atoms. The maximum absolute atomic E-state index is 14.4. The van der Waals surface area contributed by atoms with Crippen LogP contribution < -0.4 is 19.3 Å². The van der Waals surface area contributed by atoms with Crippen molar-refractivity contribution < 1.29 is 35.8 Å². The Morgan fingerprint density at radius 1 is 0.429 bits per heavy atom. The van der Waals surface area contributed by atoms with Crippen LogP contribution in [0, 0.1) is 0 Å². The highest BCUT2D eigenvalue weighted by atomic mass is 19.4. The second-order valence-corrected chi connectivity index (χ2v) is 13.4. The van der Waals surface area contributed by atoms with Gasteiger partial charge in [-0.15, -0.1) is 0 Å². The quantitative estimate of drug-likeness (QED) is 0.163. The molecular weight excluding hydrogens is 727 g/mol. The molecular formula is C46H30F6N2O2. The van der Waals surface area contributed by atoms with E-state index < -0.39 is 23.5 Å². The first-order valence-corrected chi connectivity index (χ1v) is 17.9. The van der Waals surface area contributed by atoms with Crippen LogP contribution >= 0.6 is 0 Å². The van der Waals surface area contributed by atoms with Crippen molar-refractivity contribution >= 4 is 34.1 Å². The number of nitrogens with zero attached hydrogens (tertiary/aromatic N) is 2. The Morgan fingerprint density at radius 2 is 0.768 bits per heavy atom. The van der Waals surface area contributed by atoms with E-state index in [9.17, 15) is 26.3 Å². The van der Waals surface area contributed by atoms with E-state index in [4.69, 9.17) is 9.47 Å². The van der Waals surface area contributed by atoms with Crippen LogP contribution in [0.15, 0.2) is 152 Å². The summed E-state index contributed by atoms with van der Waals surface area (Å²) >= 11 is 0. The van der Waals surface area contributed by atoms with Gasteiger partial charge in [-0.05, 0) is 96.4 Å². The Kier molecular flexibility index (Phi) is 8.30. The molecule has 0 aromatic heterocycles. The number of anilines is 6. The Bertz CT molecular complexity index is 2380. The second kappa shape index (κ2) is 13.3. The van der Waals surface area contributed by atoms with Gasteiger partial charge in [-0.2, -0.15) is 26.3 Å². The van der Waals surface area contributed by atoms with E-state index in [0.29, 0.717) is 80.2 Å². The Labute approximate surface area is 318 Å². The van der Waals surface area contributed by atoms with Gasteiger partial charge >= 0.3 is 12.4 Å². The van der Waals surface area contributed by atoms with Gasteiger partial charge in [-0.3, -0.25) is 0 Å². The Balaban J connectivity index is 1.48. The van der Waals surface area contributed by atoms with E-state index in [-0.39, 0.29) is 11.1 Å². The molecule has 7 aromatic carbocycles. The van der Waals surface area contributed by atoms with Crippen molar-refractivity contribution in [1.82, 2.24) is 0 Å². The molecule has 4 nitrogen and oxygen atoms in total. The number of para-hydroxylation sites is 8. The maximum atomic E-state index is 14.4. The molecule has 278 valence electrons. The minimum atomic E-state index is -4.66. The minimum absolute atomic E-state index is 0.230. The van der Waals surface area contributed by atoms with Gasteiger partial charge in [0.15, 0.2) is 23.0 Å². The van der Waals surface area contributed by atoms with Crippen LogP contribution in [0.4, 0.5) is 60.5 Å². The van der Waals surface area contributed by atoms with E-state index in [1.54, 1.807) is 18.2 Å². The second-order valence-electron chi connectivity index (χ2n) is 13.4. The fourth-order valence-electron chi connectivity index (χ4n) is 7.62. The molecule has 0 unspecified atom stereocenters. The Morgan fingerprint density at radius 3 is 1.09 bits per heavy atom. The number of fused-ring (bicyclic) bond motifs is 4. The molecule has 2 aliphatic rings. The summed E-state index contributed by atoms with van der Waals surface area (Å²) in [7, 11) is 0. The summed E-state index contributed by atoms with van der Waals surface area (Å²) in [6.45, 7) is 1.94. The summed E-state index contributed by atoms with van der Waals surface area (Å²) in [6.07, 6.45) is -9.01. The summed E-state index contributed by atoms with van der Waals surface area (Å²) in [5.74, 6) is 2.09. The fourth-order valence-corrected chi connectivity index (χ4v) is 7.62. The SMILES string of the molecule is CCc1c(N2c3ccccc3Oc3ccccc32)c(-c2cccc(C(F)(F)F)c2)cc(-c2cccc(C(F)(F)F)c2)c1N1c2ccccc2Oc2ccccc21. The van der Waals surface area contributed by atoms with Gasteiger partial charge in [0.2, 0.25) is 0 Å². The third kappa shape index (κ3) is 5.89. The van der Waals surface area contributed by atoms with Crippen molar-refractivity contribution in [3.8, 4) is 45.3 Å². The van der Waals surface area contributed by atoms with Crippen LogP contribution in [0.5, 0.6) is 23.0 Å². The van der Waals surface area contributed by atoms with Crippen LogP contribution in [-0.4, -0.2) is 0 Å². The van der Waals surface area contributed by atoms with E-state index in [1.165, 1.54) is 12.1 Å². The molecule has 0 spiro atoms. The highest BCUT2D eigenvalue weighted by Gasteiger charge is 2.37. The minimum Gasteiger partial charge on any atom is -0.453 e. The van der Waals surface area contributed by atoms with E-state index in [1.807, 2.05) is 114 Å². The average Bonchev–Trinajstić information content (AvgIpc) is 3.20. The van der Waals surface area contributed by atoms with Crippen LogP contribution in [0.1, 0.15) is 23.6 Å². The molecule has 7 aromatic rings. The number of ether oxygens (including phenoxy) is 2. The summed E-state index contributed by atoms with van der Waals surface area (Å²) in [4.78, 5) is 3.97. The van der Waals surface area contributed by atoms with Gasteiger partial charge in [0.05, 0.1) is 45.3 Å². The zero-order chi connectivity index (χ0) is 38.8. The number of hydrogen-bond acceptors (Lipinski definition) is 4. The van der Waals surface area contributed by atoms with Gasteiger partial charge < -0.3 is 19.3 Å². The van der Waals surface area contributed by atoms with Crippen molar-refractivity contribution in [3.05, 3.63) is 168 Å².